The molecule has 3 aromatic rings. The molecule has 8 heteroatoms. The average molecular weight is 348 g/mol. The van der Waals surface area contributed by atoms with Gasteiger partial charge in [-0.05, 0) is 30.3 Å². The van der Waals surface area contributed by atoms with Gasteiger partial charge in [-0.2, -0.15) is 5.26 Å². The molecular weight excluding hydrogens is 336 g/mol. The Morgan fingerprint density at radius 3 is 2.81 bits per heavy atom. The lowest BCUT2D eigenvalue weighted by Gasteiger charge is -2.10. The summed E-state index contributed by atoms with van der Waals surface area (Å²) >= 11 is 0. The number of carbonyl (C=O) groups excluding carboxylic acids is 1. The summed E-state index contributed by atoms with van der Waals surface area (Å²) in [5.74, 6) is -0.155. The van der Waals surface area contributed by atoms with Crippen LogP contribution in [0.4, 0.5) is 11.4 Å². The van der Waals surface area contributed by atoms with Crippen molar-refractivity contribution in [1.29, 1.82) is 5.26 Å². The third-order valence-corrected chi connectivity index (χ3v) is 3.59. The van der Waals surface area contributed by atoms with E-state index in [-0.39, 0.29) is 17.8 Å². The molecule has 3 rings (SSSR count). The normalized spacial score (nSPS) is 10.1. The molecule has 0 saturated carbocycles. The largest absolute Gasteiger partial charge is 0.482 e. The molecule has 0 fully saturated rings. The maximum atomic E-state index is 12.2. The fourth-order valence-corrected chi connectivity index (χ4v) is 2.43. The zero-order valence-corrected chi connectivity index (χ0v) is 13.4. The summed E-state index contributed by atoms with van der Waals surface area (Å²) in [6, 6.07) is 14.6. The van der Waals surface area contributed by atoms with Crippen LogP contribution >= 0.6 is 0 Å². The monoisotopic (exact) mass is 348 g/mol. The van der Waals surface area contributed by atoms with Gasteiger partial charge < -0.3 is 10.1 Å². The van der Waals surface area contributed by atoms with Crippen LogP contribution in [0.1, 0.15) is 5.56 Å². The van der Waals surface area contributed by atoms with Crippen molar-refractivity contribution in [1.82, 2.24) is 4.98 Å². The lowest BCUT2D eigenvalue weighted by molar-refractivity contribution is -0.383. The summed E-state index contributed by atoms with van der Waals surface area (Å²) in [6.45, 7) is -0.308. The molecule has 0 bridgehead atoms. The maximum Gasteiger partial charge on any atom is 0.295 e. The number of hydrogen-bond acceptors (Lipinski definition) is 6. The number of para-hydroxylation sites is 1. The van der Waals surface area contributed by atoms with E-state index in [0.29, 0.717) is 22.4 Å². The van der Waals surface area contributed by atoms with E-state index in [0.717, 1.165) is 0 Å². The number of hydrogen-bond donors (Lipinski definition) is 1. The Morgan fingerprint density at radius 1 is 1.23 bits per heavy atom. The zero-order valence-electron chi connectivity index (χ0n) is 13.4. The molecule has 0 spiro atoms. The zero-order chi connectivity index (χ0) is 18.5. The molecule has 8 nitrogen and oxygen atoms in total. The fourth-order valence-electron chi connectivity index (χ4n) is 2.43. The van der Waals surface area contributed by atoms with Gasteiger partial charge in [0, 0.05) is 17.6 Å². The molecule has 26 heavy (non-hydrogen) atoms. The van der Waals surface area contributed by atoms with Crippen molar-refractivity contribution >= 4 is 28.2 Å². The van der Waals surface area contributed by atoms with Crippen LogP contribution in [0, 0.1) is 21.4 Å². The topological polar surface area (TPSA) is 118 Å². The smallest absolute Gasteiger partial charge is 0.295 e. The summed E-state index contributed by atoms with van der Waals surface area (Å²) in [5.41, 5.74) is 0.759. The van der Waals surface area contributed by atoms with Crippen LogP contribution in [0.5, 0.6) is 5.75 Å². The van der Waals surface area contributed by atoms with Crippen LogP contribution in [0.15, 0.2) is 54.7 Å². The first-order valence-corrected chi connectivity index (χ1v) is 7.54. The first kappa shape index (κ1) is 16.9. The van der Waals surface area contributed by atoms with Crippen molar-refractivity contribution in [2.24, 2.45) is 0 Å². The van der Waals surface area contributed by atoms with Gasteiger partial charge in [0.1, 0.15) is 17.3 Å². The van der Waals surface area contributed by atoms with E-state index in [9.17, 15) is 14.9 Å². The molecule has 0 unspecified atom stereocenters. The molecule has 1 aromatic heterocycles. The number of fused-ring (bicyclic) bond motifs is 1. The maximum absolute atomic E-state index is 12.2. The van der Waals surface area contributed by atoms with Gasteiger partial charge in [0.05, 0.1) is 16.2 Å². The predicted octanol–water partition coefficient (Wildman–Crippen LogP) is 3.03. The van der Waals surface area contributed by atoms with Crippen LogP contribution < -0.4 is 10.1 Å². The number of amides is 1. The highest BCUT2D eigenvalue weighted by Crippen LogP contribution is 2.29. The molecule has 0 saturated heterocycles. The molecule has 128 valence electrons. The van der Waals surface area contributed by atoms with E-state index < -0.39 is 10.8 Å². The van der Waals surface area contributed by atoms with Crippen LogP contribution in [0.2, 0.25) is 0 Å². The van der Waals surface area contributed by atoms with E-state index in [4.69, 9.17) is 10.00 Å². The highest BCUT2D eigenvalue weighted by molar-refractivity contribution is 6.04. The van der Waals surface area contributed by atoms with Crippen molar-refractivity contribution in [2.75, 3.05) is 11.9 Å². The number of ether oxygens (including phenoxy) is 1. The Balaban J connectivity index is 1.79. The van der Waals surface area contributed by atoms with E-state index in [1.165, 1.54) is 18.3 Å². The van der Waals surface area contributed by atoms with E-state index in [1.54, 1.807) is 36.4 Å². The van der Waals surface area contributed by atoms with Crippen LogP contribution in [0.25, 0.3) is 10.9 Å². The molecule has 0 aliphatic carbocycles. The lowest BCUT2D eigenvalue weighted by Crippen LogP contribution is -2.20. The summed E-state index contributed by atoms with van der Waals surface area (Å²) in [4.78, 5) is 26.8. The van der Waals surface area contributed by atoms with Gasteiger partial charge in [-0.15, -0.1) is 0 Å². The number of benzene rings is 2. The Bertz CT molecular complexity index is 1040. The van der Waals surface area contributed by atoms with Crippen LogP contribution in [0.3, 0.4) is 0 Å². The number of rotatable bonds is 5. The second-order valence-corrected chi connectivity index (χ2v) is 5.23. The van der Waals surface area contributed by atoms with Crippen molar-refractivity contribution in [3.05, 3.63) is 70.4 Å². The number of pyridine rings is 1. The molecular formula is C18H12N4O4. The number of nitrogens with zero attached hydrogens (tertiary/aromatic N) is 3. The third kappa shape index (κ3) is 3.42. The predicted molar refractivity (Wildman–Crippen MR) is 93.7 cm³/mol. The quantitative estimate of drug-likeness (QED) is 0.559. The second kappa shape index (κ2) is 7.27. The number of anilines is 1. The Morgan fingerprint density at radius 2 is 2.04 bits per heavy atom. The summed E-state index contributed by atoms with van der Waals surface area (Å²) in [7, 11) is 0. The van der Waals surface area contributed by atoms with E-state index in [1.807, 2.05) is 6.07 Å². The van der Waals surface area contributed by atoms with Gasteiger partial charge in [-0.25, -0.2) is 4.98 Å². The minimum absolute atomic E-state index is 0.141. The highest BCUT2D eigenvalue weighted by Gasteiger charge is 2.16. The Labute approximate surface area is 147 Å². The molecule has 0 atom stereocenters. The first-order valence-electron chi connectivity index (χ1n) is 7.54. The molecule has 1 amide bonds. The van der Waals surface area contributed by atoms with Gasteiger partial charge >= 0.3 is 0 Å². The van der Waals surface area contributed by atoms with Crippen LogP contribution in [-0.4, -0.2) is 22.4 Å². The number of nitriles is 1. The Hall–Kier alpha value is -3.99. The van der Waals surface area contributed by atoms with Crippen LogP contribution in [-0.2, 0) is 4.79 Å². The second-order valence-electron chi connectivity index (χ2n) is 5.23. The van der Waals surface area contributed by atoms with Gasteiger partial charge in [0.2, 0.25) is 0 Å². The lowest BCUT2D eigenvalue weighted by atomic mass is 10.1. The average Bonchev–Trinajstić information content (AvgIpc) is 2.66. The molecule has 1 heterocycles. The molecule has 0 aliphatic rings. The number of nitro groups is 1. The highest BCUT2D eigenvalue weighted by atomic mass is 16.6. The van der Waals surface area contributed by atoms with Gasteiger partial charge in [0.15, 0.2) is 6.61 Å². The Kier molecular flexibility index (Phi) is 4.71. The van der Waals surface area contributed by atoms with E-state index >= 15 is 0 Å². The minimum Gasteiger partial charge on any atom is -0.482 e. The van der Waals surface area contributed by atoms with Crippen molar-refractivity contribution in [2.45, 2.75) is 0 Å². The van der Waals surface area contributed by atoms with Gasteiger partial charge in [0.25, 0.3) is 11.6 Å². The molecule has 1 N–H and O–H groups in total. The summed E-state index contributed by atoms with van der Waals surface area (Å²) < 4.78 is 5.38. The van der Waals surface area contributed by atoms with Gasteiger partial charge in [-0.3, -0.25) is 14.9 Å². The SMILES string of the molecule is N#Cc1ccccc1OCC(=O)Nc1ccc([N+](=O)[O-])c2ncccc12. The molecule has 2 aromatic carbocycles. The molecule has 0 aliphatic heterocycles. The summed E-state index contributed by atoms with van der Waals surface area (Å²) in [5, 5.41) is 23.2. The van der Waals surface area contributed by atoms with Crippen molar-refractivity contribution in [3.63, 3.8) is 0 Å². The first-order chi connectivity index (χ1) is 12.6. The fraction of sp³-hybridized carbons (Fsp3) is 0.0556. The number of non-ortho nitro benzene ring substituents is 1. The van der Waals surface area contributed by atoms with Gasteiger partial charge in [-0.1, -0.05) is 12.1 Å². The third-order valence-electron chi connectivity index (χ3n) is 3.59. The van der Waals surface area contributed by atoms with Crippen molar-refractivity contribution in [3.8, 4) is 11.8 Å². The number of aromatic nitrogens is 1. The molecule has 0 radical (unpaired) electrons. The van der Waals surface area contributed by atoms with Crippen molar-refractivity contribution < 1.29 is 14.5 Å². The van der Waals surface area contributed by atoms with E-state index in [2.05, 4.69) is 10.3 Å². The minimum atomic E-state index is -0.525. The number of carbonyl (C=O) groups is 1. The number of nitro benzene ring substituents is 1. The summed E-state index contributed by atoms with van der Waals surface area (Å²) in [6.07, 6.45) is 1.45. The standard InChI is InChI=1S/C18H12N4O4/c19-10-12-4-1-2-6-16(12)26-11-17(23)21-14-7-8-15(22(24)25)18-13(14)5-3-9-20-18/h1-9H,11H2,(H,21,23). The number of nitrogens with one attached hydrogen (secondary N) is 1.